The smallest absolute Gasteiger partial charge is 0.255 e. The lowest BCUT2D eigenvalue weighted by atomic mass is 9.84. The van der Waals surface area contributed by atoms with Crippen LogP contribution in [0.25, 0.3) is 0 Å². The van der Waals surface area contributed by atoms with Crippen molar-refractivity contribution in [2.24, 2.45) is 5.92 Å². The molecule has 0 aliphatic heterocycles. The summed E-state index contributed by atoms with van der Waals surface area (Å²) in [6.45, 7) is 1.75. The highest BCUT2D eigenvalue weighted by molar-refractivity contribution is 5.95. The van der Waals surface area contributed by atoms with Crippen LogP contribution in [0.3, 0.4) is 0 Å². The van der Waals surface area contributed by atoms with Gasteiger partial charge in [0.05, 0.1) is 17.9 Å². The molecule has 0 saturated heterocycles. The minimum absolute atomic E-state index is 0.210. The monoisotopic (exact) mass is 246 g/mol. The van der Waals surface area contributed by atoms with Crippen LogP contribution in [0.15, 0.2) is 16.7 Å². The third kappa shape index (κ3) is 2.73. The molecule has 1 amide bonds. The first-order valence-corrected chi connectivity index (χ1v) is 6.47. The normalized spacial score (nSPS) is 18.0. The van der Waals surface area contributed by atoms with Gasteiger partial charge in [0, 0.05) is 0 Å². The van der Waals surface area contributed by atoms with E-state index in [4.69, 9.17) is 4.42 Å². The first-order chi connectivity index (χ1) is 8.72. The molecule has 1 aromatic heterocycles. The Hall–Kier alpha value is -1.76. The van der Waals surface area contributed by atoms with Gasteiger partial charge in [-0.15, -0.1) is 0 Å². The second-order valence-electron chi connectivity index (χ2n) is 4.87. The minimum Gasteiger partial charge on any atom is -0.469 e. The molecule has 1 aliphatic rings. The van der Waals surface area contributed by atoms with Gasteiger partial charge in [-0.25, -0.2) is 0 Å². The zero-order valence-electron chi connectivity index (χ0n) is 10.6. The second kappa shape index (κ2) is 5.72. The summed E-state index contributed by atoms with van der Waals surface area (Å²) in [7, 11) is 0. The van der Waals surface area contributed by atoms with Gasteiger partial charge < -0.3 is 9.73 Å². The summed E-state index contributed by atoms with van der Waals surface area (Å²) in [4.78, 5) is 12.0. The Labute approximate surface area is 107 Å². The van der Waals surface area contributed by atoms with E-state index in [9.17, 15) is 10.1 Å². The molecular formula is C14H18N2O2. The van der Waals surface area contributed by atoms with E-state index in [-0.39, 0.29) is 11.9 Å². The Morgan fingerprint density at radius 2 is 2.22 bits per heavy atom. The van der Waals surface area contributed by atoms with E-state index < -0.39 is 0 Å². The van der Waals surface area contributed by atoms with Crippen LogP contribution in [-0.2, 0) is 0 Å². The molecule has 0 spiro atoms. The van der Waals surface area contributed by atoms with Gasteiger partial charge >= 0.3 is 0 Å². The summed E-state index contributed by atoms with van der Waals surface area (Å²) in [5.74, 6) is 0.672. The molecule has 4 heteroatoms. The first kappa shape index (κ1) is 12.7. The minimum atomic E-state index is -0.382. The molecule has 1 saturated carbocycles. The first-order valence-electron chi connectivity index (χ1n) is 6.47. The van der Waals surface area contributed by atoms with Gasteiger partial charge in [0.1, 0.15) is 11.8 Å². The molecule has 2 rings (SSSR count). The maximum absolute atomic E-state index is 12.0. The van der Waals surface area contributed by atoms with Gasteiger partial charge in [-0.3, -0.25) is 4.79 Å². The van der Waals surface area contributed by atoms with Gasteiger partial charge in [-0.05, 0) is 31.7 Å². The molecule has 1 atom stereocenters. The fourth-order valence-electron chi connectivity index (χ4n) is 2.56. The van der Waals surface area contributed by atoms with Crippen LogP contribution < -0.4 is 5.32 Å². The van der Waals surface area contributed by atoms with Gasteiger partial charge in [-0.2, -0.15) is 5.26 Å². The fourth-order valence-corrected chi connectivity index (χ4v) is 2.56. The molecular weight excluding hydrogens is 228 g/mol. The highest BCUT2D eigenvalue weighted by Crippen LogP contribution is 2.26. The van der Waals surface area contributed by atoms with Crippen molar-refractivity contribution < 1.29 is 9.21 Å². The zero-order valence-corrected chi connectivity index (χ0v) is 10.6. The van der Waals surface area contributed by atoms with E-state index in [2.05, 4.69) is 11.4 Å². The van der Waals surface area contributed by atoms with Crippen LogP contribution >= 0.6 is 0 Å². The lowest BCUT2D eigenvalue weighted by molar-refractivity contribution is 0.0927. The Morgan fingerprint density at radius 1 is 1.50 bits per heavy atom. The Balaban J connectivity index is 2.00. The number of rotatable bonds is 3. The maximum atomic E-state index is 12.0. The molecule has 1 fully saturated rings. The van der Waals surface area contributed by atoms with Gasteiger partial charge in [0.15, 0.2) is 0 Å². The number of carbonyl (C=O) groups is 1. The molecule has 1 aliphatic carbocycles. The highest BCUT2D eigenvalue weighted by Gasteiger charge is 2.25. The fraction of sp³-hybridized carbons (Fsp3) is 0.571. The molecule has 1 unspecified atom stereocenters. The summed E-state index contributed by atoms with van der Waals surface area (Å²) < 4.78 is 5.10. The number of aryl methyl sites for hydroxylation is 1. The van der Waals surface area contributed by atoms with Crippen molar-refractivity contribution in [3.05, 3.63) is 23.7 Å². The van der Waals surface area contributed by atoms with Crippen LogP contribution in [0.1, 0.15) is 48.2 Å². The van der Waals surface area contributed by atoms with Crippen molar-refractivity contribution >= 4 is 5.91 Å². The molecule has 1 aromatic rings. The average Bonchev–Trinajstić information content (AvgIpc) is 2.83. The van der Waals surface area contributed by atoms with Crippen molar-refractivity contribution in [1.82, 2.24) is 5.32 Å². The number of nitrogens with zero attached hydrogens (tertiary/aromatic N) is 1. The number of hydrogen-bond donors (Lipinski definition) is 1. The van der Waals surface area contributed by atoms with Gasteiger partial charge in [0.25, 0.3) is 5.91 Å². The number of nitriles is 1. The van der Waals surface area contributed by atoms with Gasteiger partial charge in [0.2, 0.25) is 0 Å². The molecule has 18 heavy (non-hydrogen) atoms. The summed E-state index contributed by atoms with van der Waals surface area (Å²) in [5, 5.41) is 12.0. The van der Waals surface area contributed by atoms with E-state index >= 15 is 0 Å². The van der Waals surface area contributed by atoms with Crippen molar-refractivity contribution in [1.29, 1.82) is 5.26 Å². The Morgan fingerprint density at radius 3 is 2.78 bits per heavy atom. The van der Waals surface area contributed by atoms with Crippen molar-refractivity contribution in [3.63, 3.8) is 0 Å². The number of hydrogen-bond acceptors (Lipinski definition) is 3. The van der Waals surface area contributed by atoms with Crippen LogP contribution in [0, 0.1) is 24.2 Å². The van der Waals surface area contributed by atoms with Crippen LogP contribution in [0.2, 0.25) is 0 Å². The molecule has 96 valence electrons. The van der Waals surface area contributed by atoms with E-state index in [1.807, 2.05) is 0 Å². The van der Waals surface area contributed by atoms with Crippen LogP contribution in [0.4, 0.5) is 0 Å². The van der Waals surface area contributed by atoms with Gasteiger partial charge in [-0.1, -0.05) is 19.3 Å². The Kier molecular flexibility index (Phi) is 4.03. The number of nitrogens with one attached hydrogen (secondary N) is 1. The van der Waals surface area contributed by atoms with Crippen LogP contribution in [-0.4, -0.2) is 11.9 Å². The molecule has 1 heterocycles. The van der Waals surface area contributed by atoms with Crippen molar-refractivity contribution in [3.8, 4) is 6.07 Å². The van der Waals surface area contributed by atoms with E-state index in [0.717, 1.165) is 25.7 Å². The standard InChI is InChI=1S/C14H18N2O2/c1-10-12(7-8-18-10)14(17)16-13(9-15)11-5-3-2-4-6-11/h7-8,11,13H,2-6H2,1H3,(H,16,17). The van der Waals surface area contributed by atoms with E-state index in [1.165, 1.54) is 12.7 Å². The molecule has 4 nitrogen and oxygen atoms in total. The number of amides is 1. The third-order valence-corrected chi connectivity index (χ3v) is 3.65. The lowest BCUT2D eigenvalue weighted by Gasteiger charge is -2.26. The maximum Gasteiger partial charge on any atom is 0.255 e. The highest BCUT2D eigenvalue weighted by atomic mass is 16.3. The topological polar surface area (TPSA) is 66.0 Å². The summed E-state index contributed by atoms with van der Waals surface area (Å²) >= 11 is 0. The third-order valence-electron chi connectivity index (χ3n) is 3.65. The summed E-state index contributed by atoms with van der Waals surface area (Å²) in [6.07, 6.45) is 7.11. The summed E-state index contributed by atoms with van der Waals surface area (Å²) in [6, 6.07) is 3.48. The Bertz CT molecular complexity index is 453. The zero-order chi connectivity index (χ0) is 13.0. The average molecular weight is 246 g/mol. The van der Waals surface area contributed by atoms with Crippen LogP contribution in [0.5, 0.6) is 0 Å². The predicted molar refractivity (Wildman–Crippen MR) is 66.9 cm³/mol. The van der Waals surface area contributed by atoms with Crippen molar-refractivity contribution in [2.45, 2.75) is 45.1 Å². The quantitative estimate of drug-likeness (QED) is 0.891. The number of furan rings is 1. The molecule has 0 aromatic carbocycles. The largest absolute Gasteiger partial charge is 0.469 e. The molecule has 1 N–H and O–H groups in total. The molecule has 0 radical (unpaired) electrons. The predicted octanol–water partition coefficient (Wildman–Crippen LogP) is 2.79. The second-order valence-corrected chi connectivity index (χ2v) is 4.87. The SMILES string of the molecule is Cc1occc1C(=O)NC(C#N)C1CCCCC1. The lowest BCUT2D eigenvalue weighted by Crippen LogP contribution is -2.40. The van der Waals surface area contributed by atoms with E-state index in [0.29, 0.717) is 17.2 Å². The van der Waals surface area contributed by atoms with Crippen molar-refractivity contribution in [2.75, 3.05) is 0 Å². The number of carbonyl (C=O) groups excluding carboxylic acids is 1. The van der Waals surface area contributed by atoms with E-state index in [1.54, 1.807) is 13.0 Å². The summed E-state index contributed by atoms with van der Waals surface area (Å²) in [5.41, 5.74) is 0.519. The molecule has 0 bridgehead atoms.